The summed E-state index contributed by atoms with van der Waals surface area (Å²) < 4.78 is 35.6. The summed E-state index contributed by atoms with van der Waals surface area (Å²) in [6.07, 6.45) is 2.07. The third kappa shape index (κ3) is 10.9. The Morgan fingerprint density at radius 1 is 1.29 bits per heavy atom. The lowest BCUT2D eigenvalue weighted by Gasteiger charge is -2.26. The van der Waals surface area contributed by atoms with Gasteiger partial charge in [0, 0.05) is 31.9 Å². The standard InChI is InChI=1S/C17H29N5O4S.HI/c1-27(23,24)21-15-3-5-16(6-4-15)26-12-8-20-17(18)19-7-2-9-22-10-13-25-14-11-22;/h3-6,21H,2,7-14H2,1H3,(H3,18,19,20);1H. The number of hydrogen-bond acceptors (Lipinski definition) is 6. The van der Waals surface area contributed by atoms with Crippen molar-refractivity contribution in [3.05, 3.63) is 24.3 Å². The fourth-order valence-electron chi connectivity index (χ4n) is 2.56. The maximum absolute atomic E-state index is 11.2. The largest absolute Gasteiger partial charge is 0.492 e. The number of nitrogens with zero attached hydrogens (tertiary/aromatic N) is 2. The number of morpholine rings is 1. The van der Waals surface area contributed by atoms with E-state index in [0.29, 0.717) is 37.1 Å². The Morgan fingerprint density at radius 3 is 2.61 bits per heavy atom. The smallest absolute Gasteiger partial charge is 0.229 e. The normalized spacial score (nSPS) is 15.5. The molecule has 1 aromatic carbocycles. The Kier molecular flexibility index (Phi) is 11.5. The zero-order valence-corrected chi connectivity index (χ0v) is 19.2. The van der Waals surface area contributed by atoms with Gasteiger partial charge in [-0.1, -0.05) is 0 Å². The van der Waals surface area contributed by atoms with Crippen LogP contribution in [-0.4, -0.2) is 78.1 Å². The molecule has 1 heterocycles. The van der Waals surface area contributed by atoms with E-state index in [-0.39, 0.29) is 24.0 Å². The van der Waals surface area contributed by atoms with E-state index in [4.69, 9.17) is 15.2 Å². The molecule has 1 fully saturated rings. The molecule has 9 nitrogen and oxygen atoms in total. The predicted octanol–water partition coefficient (Wildman–Crippen LogP) is 0.682. The van der Waals surface area contributed by atoms with Crippen molar-refractivity contribution in [2.24, 2.45) is 10.7 Å². The number of anilines is 1. The molecule has 2 rings (SSSR count). The van der Waals surface area contributed by atoms with Crippen molar-refractivity contribution in [1.29, 1.82) is 0 Å². The predicted molar refractivity (Wildman–Crippen MR) is 122 cm³/mol. The molecule has 11 heteroatoms. The van der Waals surface area contributed by atoms with Gasteiger partial charge in [-0.3, -0.25) is 14.6 Å². The van der Waals surface area contributed by atoms with E-state index in [2.05, 4.69) is 19.9 Å². The summed E-state index contributed by atoms with van der Waals surface area (Å²) in [5, 5.41) is 3.01. The van der Waals surface area contributed by atoms with Crippen LogP contribution < -0.4 is 20.5 Å². The topological polar surface area (TPSA) is 118 Å². The van der Waals surface area contributed by atoms with Crippen LogP contribution in [0.4, 0.5) is 5.69 Å². The monoisotopic (exact) mass is 527 g/mol. The molecule has 0 amide bonds. The summed E-state index contributed by atoms with van der Waals surface area (Å²) in [6, 6.07) is 6.70. The Morgan fingerprint density at radius 2 is 1.96 bits per heavy atom. The van der Waals surface area contributed by atoms with Gasteiger partial charge in [0.15, 0.2) is 5.96 Å². The van der Waals surface area contributed by atoms with Crippen molar-refractivity contribution < 1.29 is 17.9 Å². The fraction of sp³-hybridized carbons (Fsp3) is 0.588. The first kappa shape index (κ1) is 24.7. The molecule has 1 aromatic rings. The second-order valence-electron chi connectivity index (χ2n) is 6.25. The lowest BCUT2D eigenvalue weighted by molar-refractivity contribution is 0.0377. The van der Waals surface area contributed by atoms with Crippen LogP contribution in [0.5, 0.6) is 5.75 Å². The van der Waals surface area contributed by atoms with E-state index in [1.165, 1.54) is 0 Å². The second-order valence-corrected chi connectivity index (χ2v) is 8.00. The molecule has 0 aromatic heterocycles. The van der Waals surface area contributed by atoms with Gasteiger partial charge in [-0.15, -0.1) is 24.0 Å². The summed E-state index contributed by atoms with van der Waals surface area (Å²) in [5.74, 6) is 1.06. The summed E-state index contributed by atoms with van der Waals surface area (Å²) >= 11 is 0. The molecule has 1 aliphatic heterocycles. The molecule has 0 saturated carbocycles. The molecule has 28 heavy (non-hydrogen) atoms. The van der Waals surface area contributed by atoms with Gasteiger partial charge in [0.2, 0.25) is 10.0 Å². The SMILES string of the molecule is CS(=O)(=O)Nc1ccc(OCCNC(N)=NCCCN2CCOCC2)cc1.I. The number of benzene rings is 1. The first-order valence-electron chi connectivity index (χ1n) is 8.97. The highest BCUT2D eigenvalue weighted by atomic mass is 127. The van der Waals surface area contributed by atoms with Gasteiger partial charge >= 0.3 is 0 Å². The van der Waals surface area contributed by atoms with Gasteiger partial charge in [0.1, 0.15) is 12.4 Å². The van der Waals surface area contributed by atoms with Crippen LogP contribution >= 0.6 is 24.0 Å². The number of hydrogen-bond donors (Lipinski definition) is 3. The minimum absolute atomic E-state index is 0. The van der Waals surface area contributed by atoms with Crippen LogP contribution in [0.25, 0.3) is 0 Å². The average Bonchev–Trinajstić information content (AvgIpc) is 2.63. The number of halogens is 1. The van der Waals surface area contributed by atoms with Gasteiger partial charge in [-0.2, -0.15) is 0 Å². The number of ether oxygens (including phenoxy) is 2. The van der Waals surface area contributed by atoms with Crippen LogP contribution in [0.2, 0.25) is 0 Å². The van der Waals surface area contributed by atoms with Gasteiger partial charge in [0.25, 0.3) is 0 Å². The highest BCUT2D eigenvalue weighted by Crippen LogP contribution is 2.16. The average molecular weight is 527 g/mol. The Labute approximate surface area is 184 Å². The second kappa shape index (κ2) is 13.0. The first-order chi connectivity index (χ1) is 12.9. The van der Waals surface area contributed by atoms with E-state index in [0.717, 1.165) is 45.5 Å². The Hall–Kier alpha value is -1.31. The lowest BCUT2D eigenvalue weighted by atomic mass is 10.3. The van der Waals surface area contributed by atoms with E-state index in [1.807, 2.05) is 0 Å². The zero-order valence-electron chi connectivity index (χ0n) is 16.1. The third-order valence-electron chi connectivity index (χ3n) is 3.85. The molecule has 0 spiro atoms. The number of nitrogens with one attached hydrogen (secondary N) is 2. The van der Waals surface area contributed by atoms with Crippen LogP contribution in [0.1, 0.15) is 6.42 Å². The van der Waals surface area contributed by atoms with Crippen LogP contribution in [-0.2, 0) is 14.8 Å². The van der Waals surface area contributed by atoms with Gasteiger partial charge < -0.3 is 20.5 Å². The molecule has 0 bridgehead atoms. The quantitative estimate of drug-likeness (QED) is 0.177. The van der Waals surface area contributed by atoms with Crippen molar-refractivity contribution in [1.82, 2.24) is 10.2 Å². The lowest BCUT2D eigenvalue weighted by Crippen LogP contribution is -2.37. The van der Waals surface area contributed by atoms with Crippen molar-refractivity contribution >= 4 is 45.6 Å². The van der Waals surface area contributed by atoms with E-state index >= 15 is 0 Å². The van der Waals surface area contributed by atoms with Crippen LogP contribution in [0, 0.1) is 0 Å². The van der Waals surface area contributed by atoms with Crippen LogP contribution in [0.3, 0.4) is 0 Å². The number of nitrogens with two attached hydrogens (primary N) is 1. The maximum Gasteiger partial charge on any atom is 0.229 e. The van der Waals surface area contributed by atoms with Crippen molar-refractivity contribution in [3.63, 3.8) is 0 Å². The number of aliphatic imine (C=N–C) groups is 1. The molecule has 1 saturated heterocycles. The maximum atomic E-state index is 11.2. The minimum atomic E-state index is -3.27. The van der Waals surface area contributed by atoms with Crippen molar-refractivity contribution in [2.45, 2.75) is 6.42 Å². The van der Waals surface area contributed by atoms with E-state index in [9.17, 15) is 8.42 Å². The molecule has 4 N–H and O–H groups in total. The fourth-order valence-corrected chi connectivity index (χ4v) is 3.12. The third-order valence-corrected chi connectivity index (χ3v) is 4.46. The minimum Gasteiger partial charge on any atom is -0.492 e. The summed E-state index contributed by atoms with van der Waals surface area (Å²) in [6.45, 7) is 6.23. The van der Waals surface area contributed by atoms with Crippen LogP contribution in [0.15, 0.2) is 29.3 Å². The van der Waals surface area contributed by atoms with Gasteiger partial charge in [-0.25, -0.2) is 8.42 Å². The highest BCUT2D eigenvalue weighted by molar-refractivity contribution is 14.0. The number of sulfonamides is 1. The van der Waals surface area contributed by atoms with Crippen molar-refractivity contribution in [3.8, 4) is 5.75 Å². The molecular formula is C17H30IN5O4S. The Balaban J connectivity index is 0.00000392. The summed E-state index contributed by atoms with van der Waals surface area (Å²) in [7, 11) is -3.27. The molecule has 0 aliphatic carbocycles. The molecular weight excluding hydrogens is 497 g/mol. The molecule has 0 atom stereocenters. The van der Waals surface area contributed by atoms with Gasteiger partial charge in [0.05, 0.1) is 26.0 Å². The zero-order chi connectivity index (χ0) is 19.5. The first-order valence-corrected chi connectivity index (χ1v) is 10.9. The highest BCUT2D eigenvalue weighted by Gasteiger charge is 2.08. The van der Waals surface area contributed by atoms with E-state index < -0.39 is 10.0 Å². The molecule has 1 aliphatic rings. The number of rotatable bonds is 10. The number of guanidine groups is 1. The Bertz CT molecular complexity index is 694. The molecule has 0 radical (unpaired) electrons. The molecule has 160 valence electrons. The van der Waals surface area contributed by atoms with Crippen molar-refractivity contribution in [2.75, 3.05) is 63.5 Å². The molecule has 0 unspecified atom stereocenters. The van der Waals surface area contributed by atoms with Gasteiger partial charge in [-0.05, 0) is 30.7 Å². The summed E-state index contributed by atoms with van der Waals surface area (Å²) in [5.41, 5.74) is 6.33. The summed E-state index contributed by atoms with van der Waals surface area (Å²) in [4.78, 5) is 6.67. The van der Waals surface area contributed by atoms with E-state index in [1.54, 1.807) is 24.3 Å².